The van der Waals surface area contributed by atoms with E-state index in [1.807, 2.05) is 6.07 Å². The molecule has 0 unspecified atom stereocenters. The molecule has 3 rings (SSSR count). The van der Waals surface area contributed by atoms with Crippen LogP contribution in [-0.4, -0.2) is 11.0 Å². The van der Waals surface area contributed by atoms with Crippen LogP contribution in [0.3, 0.4) is 0 Å². The number of carbonyl (C=O) groups excluding carboxylic acids is 1. The number of carbonyl (C=O) groups is 1. The van der Waals surface area contributed by atoms with Gasteiger partial charge in [0.2, 0.25) is 0 Å². The first-order valence-corrected chi connectivity index (χ1v) is 8.50. The highest BCUT2D eigenvalue weighted by atomic mass is 79.9. The van der Waals surface area contributed by atoms with E-state index in [1.165, 1.54) is 0 Å². The fraction of sp³-hybridized carbons (Fsp3) is 0. The van der Waals surface area contributed by atoms with Gasteiger partial charge in [0.05, 0.1) is 14.6 Å². The molecule has 112 valence electrons. The van der Waals surface area contributed by atoms with E-state index in [-0.39, 0.29) is 17.4 Å². The van der Waals surface area contributed by atoms with E-state index >= 15 is 0 Å². The van der Waals surface area contributed by atoms with Gasteiger partial charge in [0.1, 0.15) is 5.75 Å². The molecule has 1 amide bonds. The van der Waals surface area contributed by atoms with Crippen molar-refractivity contribution in [2.45, 2.75) is 0 Å². The lowest BCUT2D eigenvalue weighted by atomic mass is 10.1. The molecule has 2 aromatic rings. The van der Waals surface area contributed by atoms with Crippen LogP contribution in [0.15, 0.2) is 49.5 Å². The van der Waals surface area contributed by atoms with Crippen LogP contribution in [-0.2, 0) is 4.79 Å². The molecule has 7 heteroatoms. The van der Waals surface area contributed by atoms with Crippen LogP contribution in [0, 0.1) is 0 Å². The number of benzene rings is 2. The number of phenolic OH excluding ortho intramolecular Hbond substituents is 1. The minimum absolute atomic E-state index is 0.103. The van der Waals surface area contributed by atoms with Crippen LogP contribution in [0.5, 0.6) is 11.5 Å². The lowest BCUT2D eigenvalue weighted by molar-refractivity contribution is -0.115. The summed E-state index contributed by atoms with van der Waals surface area (Å²) in [6.45, 7) is 0. The van der Waals surface area contributed by atoms with Gasteiger partial charge in [-0.15, -0.1) is 0 Å². The third-order valence-electron chi connectivity index (χ3n) is 2.97. The molecular formula is C15H8Br3NO3. The highest BCUT2D eigenvalue weighted by Gasteiger charge is 2.22. The molecule has 1 aliphatic heterocycles. The summed E-state index contributed by atoms with van der Waals surface area (Å²) in [5, 5.41) is 12.5. The molecular weight excluding hydrogens is 482 g/mol. The second-order valence-electron chi connectivity index (χ2n) is 4.54. The van der Waals surface area contributed by atoms with Gasteiger partial charge in [-0.05, 0) is 73.8 Å². The van der Waals surface area contributed by atoms with Gasteiger partial charge in [-0.2, -0.15) is 0 Å². The smallest absolute Gasteiger partial charge is 0.291 e. The van der Waals surface area contributed by atoms with Crippen molar-refractivity contribution in [2.24, 2.45) is 0 Å². The van der Waals surface area contributed by atoms with E-state index in [4.69, 9.17) is 4.74 Å². The molecule has 0 bridgehead atoms. The molecule has 0 aromatic heterocycles. The van der Waals surface area contributed by atoms with Crippen molar-refractivity contribution in [2.75, 3.05) is 5.32 Å². The molecule has 0 saturated heterocycles. The SMILES string of the molecule is O=C1Nc2cc(Br)ccc2O/C1=C\c1cc(Br)c(O)c(Br)c1. The molecule has 0 radical (unpaired) electrons. The Morgan fingerprint density at radius 1 is 1.09 bits per heavy atom. The number of fused-ring (bicyclic) bond motifs is 1. The van der Waals surface area contributed by atoms with Crippen molar-refractivity contribution in [3.63, 3.8) is 0 Å². The van der Waals surface area contributed by atoms with Crippen LogP contribution < -0.4 is 10.1 Å². The molecule has 2 N–H and O–H groups in total. The van der Waals surface area contributed by atoms with Crippen molar-refractivity contribution in [1.29, 1.82) is 0 Å². The van der Waals surface area contributed by atoms with Crippen LogP contribution in [0.4, 0.5) is 5.69 Å². The number of nitrogens with one attached hydrogen (secondary N) is 1. The van der Waals surface area contributed by atoms with Gasteiger partial charge in [0, 0.05) is 4.47 Å². The average molecular weight is 490 g/mol. The summed E-state index contributed by atoms with van der Waals surface area (Å²) in [5.41, 5.74) is 1.33. The average Bonchev–Trinajstić information content (AvgIpc) is 2.45. The second-order valence-corrected chi connectivity index (χ2v) is 7.16. The Morgan fingerprint density at radius 2 is 1.77 bits per heavy atom. The van der Waals surface area contributed by atoms with Crippen molar-refractivity contribution in [1.82, 2.24) is 0 Å². The Kier molecular flexibility index (Phi) is 4.29. The predicted octanol–water partition coefficient (Wildman–Crippen LogP) is 5.05. The zero-order chi connectivity index (χ0) is 15.9. The number of rotatable bonds is 1. The van der Waals surface area contributed by atoms with Crippen LogP contribution in [0.1, 0.15) is 5.56 Å². The quantitative estimate of drug-likeness (QED) is 0.551. The Labute approximate surface area is 151 Å². The summed E-state index contributed by atoms with van der Waals surface area (Å²) >= 11 is 9.86. The normalized spacial score (nSPS) is 15.2. The van der Waals surface area contributed by atoms with Gasteiger partial charge in [-0.25, -0.2) is 0 Å². The van der Waals surface area contributed by atoms with Crippen LogP contribution in [0.2, 0.25) is 0 Å². The Morgan fingerprint density at radius 3 is 2.45 bits per heavy atom. The number of hydrogen-bond donors (Lipinski definition) is 2. The maximum atomic E-state index is 12.1. The third kappa shape index (κ3) is 3.06. The van der Waals surface area contributed by atoms with Gasteiger partial charge in [-0.3, -0.25) is 4.79 Å². The summed E-state index contributed by atoms with van der Waals surface area (Å²) in [5.74, 6) is 0.530. The number of amides is 1. The minimum Gasteiger partial charge on any atom is -0.506 e. The van der Waals surface area contributed by atoms with Gasteiger partial charge in [0.25, 0.3) is 5.91 Å². The topological polar surface area (TPSA) is 58.6 Å². The summed E-state index contributed by atoms with van der Waals surface area (Å²) in [6.07, 6.45) is 1.61. The molecule has 0 aliphatic carbocycles. The summed E-state index contributed by atoms with van der Waals surface area (Å²) in [6, 6.07) is 8.77. The fourth-order valence-electron chi connectivity index (χ4n) is 1.95. The van der Waals surface area contributed by atoms with E-state index in [1.54, 1.807) is 30.3 Å². The van der Waals surface area contributed by atoms with Gasteiger partial charge in [0.15, 0.2) is 11.5 Å². The van der Waals surface area contributed by atoms with E-state index in [2.05, 4.69) is 53.1 Å². The molecule has 22 heavy (non-hydrogen) atoms. The number of ether oxygens (including phenoxy) is 1. The zero-order valence-corrected chi connectivity index (χ0v) is 15.6. The number of aromatic hydroxyl groups is 1. The largest absolute Gasteiger partial charge is 0.506 e. The van der Waals surface area contributed by atoms with Crippen molar-refractivity contribution >= 4 is 65.5 Å². The Balaban J connectivity index is 1.99. The maximum absolute atomic E-state index is 12.1. The van der Waals surface area contributed by atoms with E-state index in [9.17, 15) is 9.90 Å². The lowest BCUT2D eigenvalue weighted by Gasteiger charge is -2.20. The van der Waals surface area contributed by atoms with Gasteiger partial charge in [-0.1, -0.05) is 15.9 Å². The van der Waals surface area contributed by atoms with Gasteiger partial charge < -0.3 is 15.2 Å². The lowest BCUT2D eigenvalue weighted by Crippen LogP contribution is -2.23. The minimum atomic E-state index is -0.328. The molecule has 0 fully saturated rings. The fourth-order valence-corrected chi connectivity index (χ4v) is 3.54. The van der Waals surface area contributed by atoms with E-state index in [0.717, 1.165) is 4.47 Å². The maximum Gasteiger partial charge on any atom is 0.291 e. The van der Waals surface area contributed by atoms with E-state index < -0.39 is 0 Å². The monoisotopic (exact) mass is 487 g/mol. The second kappa shape index (κ2) is 6.06. The first kappa shape index (κ1) is 15.6. The summed E-state index contributed by atoms with van der Waals surface area (Å²) in [7, 11) is 0. The number of anilines is 1. The first-order valence-electron chi connectivity index (χ1n) is 6.12. The number of hydrogen-bond acceptors (Lipinski definition) is 3. The number of halogens is 3. The number of phenols is 1. The highest BCUT2D eigenvalue weighted by molar-refractivity contribution is 9.11. The first-order chi connectivity index (χ1) is 10.4. The zero-order valence-electron chi connectivity index (χ0n) is 10.9. The van der Waals surface area contributed by atoms with Crippen molar-refractivity contribution in [3.05, 3.63) is 55.1 Å². The molecule has 1 aliphatic rings. The predicted molar refractivity (Wildman–Crippen MR) is 94.9 cm³/mol. The molecule has 0 atom stereocenters. The van der Waals surface area contributed by atoms with Crippen LogP contribution >= 0.6 is 47.8 Å². The van der Waals surface area contributed by atoms with Crippen molar-refractivity contribution < 1.29 is 14.6 Å². The third-order valence-corrected chi connectivity index (χ3v) is 4.67. The summed E-state index contributed by atoms with van der Waals surface area (Å²) < 4.78 is 7.55. The molecule has 1 heterocycles. The molecule has 0 spiro atoms. The molecule has 4 nitrogen and oxygen atoms in total. The highest BCUT2D eigenvalue weighted by Crippen LogP contribution is 2.36. The Hall–Kier alpha value is -1.31. The molecule has 2 aromatic carbocycles. The van der Waals surface area contributed by atoms with E-state index in [0.29, 0.717) is 25.9 Å². The molecule has 0 saturated carbocycles. The summed E-state index contributed by atoms with van der Waals surface area (Å²) in [4.78, 5) is 12.1. The van der Waals surface area contributed by atoms with Crippen molar-refractivity contribution in [3.8, 4) is 11.5 Å². The van der Waals surface area contributed by atoms with Crippen LogP contribution in [0.25, 0.3) is 6.08 Å². The Bertz CT molecular complexity index is 795. The standard InChI is InChI=1S/C15H8Br3NO3/c16-8-1-2-12-11(6-8)19-15(21)13(22-12)5-7-3-9(17)14(20)10(18)4-7/h1-6,20H,(H,19,21)/b13-5-. The van der Waals surface area contributed by atoms with Gasteiger partial charge >= 0.3 is 0 Å².